The van der Waals surface area contributed by atoms with Crippen LogP contribution in [-0.4, -0.2) is 55.1 Å². The second kappa shape index (κ2) is 7.08. The van der Waals surface area contributed by atoms with Crippen LogP contribution in [0, 0.1) is 0 Å². The molecule has 1 aliphatic rings. The Kier molecular flexibility index (Phi) is 4.90. The fraction of sp³-hybridized carbons (Fsp3) is 0.533. The van der Waals surface area contributed by atoms with E-state index in [0.29, 0.717) is 6.54 Å². The summed E-state index contributed by atoms with van der Waals surface area (Å²) in [6.07, 6.45) is 6.40. The molecule has 2 amide bonds. The maximum absolute atomic E-state index is 12.6. The van der Waals surface area contributed by atoms with Gasteiger partial charge in [-0.05, 0) is 6.07 Å². The molecule has 0 bridgehead atoms. The van der Waals surface area contributed by atoms with Crippen molar-refractivity contribution in [3.63, 3.8) is 0 Å². The van der Waals surface area contributed by atoms with E-state index in [-0.39, 0.29) is 12.1 Å². The third kappa shape index (κ3) is 3.69. The number of hydrogen-bond acceptors (Lipinski definition) is 4. The van der Waals surface area contributed by atoms with Gasteiger partial charge in [0.15, 0.2) is 0 Å². The van der Waals surface area contributed by atoms with Gasteiger partial charge in [-0.25, -0.2) is 4.79 Å². The summed E-state index contributed by atoms with van der Waals surface area (Å²) in [5.74, 6) is 1.90. The smallest absolute Gasteiger partial charge is 0.317 e. The third-order valence-electron chi connectivity index (χ3n) is 4.08. The highest BCUT2D eigenvalue weighted by Gasteiger charge is 2.29. The largest absolute Gasteiger partial charge is 0.338 e. The molecule has 2 aromatic rings. The molecule has 7 nitrogen and oxygen atoms in total. The number of nitrogens with zero attached hydrogens (tertiary/aromatic N) is 5. The maximum Gasteiger partial charge on any atom is 0.317 e. The lowest BCUT2D eigenvalue weighted by Crippen LogP contribution is -2.46. The maximum atomic E-state index is 12.6. The number of nitrogens with one attached hydrogen (secondary N) is 1. The Morgan fingerprint density at radius 2 is 2.30 bits per heavy atom. The van der Waals surface area contributed by atoms with E-state index in [1.807, 2.05) is 53.9 Å². The minimum absolute atomic E-state index is 0.00122. The van der Waals surface area contributed by atoms with Gasteiger partial charge in [0.05, 0.1) is 12.2 Å². The topological polar surface area (TPSA) is 68.0 Å². The van der Waals surface area contributed by atoms with Crippen LogP contribution in [0.5, 0.6) is 0 Å². The number of carbonyl (C=O) groups excluding carboxylic acids is 1. The Morgan fingerprint density at radius 1 is 1.43 bits per heavy atom. The number of thioether (sulfide) groups is 1. The zero-order chi connectivity index (χ0) is 16.2. The van der Waals surface area contributed by atoms with E-state index in [1.54, 1.807) is 10.9 Å². The van der Waals surface area contributed by atoms with Crippen LogP contribution in [0.2, 0.25) is 0 Å². The van der Waals surface area contributed by atoms with Crippen LogP contribution in [0.3, 0.4) is 0 Å². The van der Waals surface area contributed by atoms with Gasteiger partial charge in [0, 0.05) is 68.8 Å². The molecule has 23 heavy (non-hydrogen) atoms. The number of aromatic nitrogens is 4. The number of rotatable bonds is 4. The summed E-state index contributed by atoms with van der Waals surface area (Å²) in [6, 6.07) is 2.07. The predicted molar refractivity (Wildman–Crippen MR) is 90.3 cm³/mol. The first kappa shape index (κ1) is 15.9. The highest BCUT2D eigenvalue weighted by Crippen LogP contribution is 2.29. The Hall–Kier alpha value is -1.96. The lowest BCUT2D eigenvalue weighted by atomic mass is 10.1. The van der Waals surface area contributed by atoms with Crippen molar-refractivity contribution in [3.8, 4) is 0 Å². The van der Waals surface area contributed by atoms with Gasteiger partial charge in [-0.15, -0.1) is 0 Å². The van der Waals surface area contributed by atoms with Crippen LogP contribution >= 0.6 is 11.8 Å². The molecule has 1 atom stereocenters. The van der Waals surface area contributed by atoms with Crippen LogP contribution < -0.4 is 5.32 Å². The minimum atomic E-state index is 0.00122. The normalized spacial score (nSPS) is 18.2. The van der Waals surface area contributed by atoms with Crippen LogP contribution in [0.4, 0.5) is 4.79 Å². The molecule has 1 aliphatic heterocycles. The van der Waals surface area contributed by atoms with Crippen LogP contribution in [0.25, 0.3) is 0 Å². The fourth-order valence-electron chi connectivity index (χ4n) is 2.78. The first-order valence-corrected chi connectivity index (χ1v) is 8.88. The highest BCUT2D eigenvalue weighted by atomic mass is 32.2. The van der Waals surface area contributed by atoms with E-state index in [9.17, 15) is 4.79 Å². The molecule has 3 heterocycles. The van der Waals surface area contributed by atoms with Crippen LogP contribution in [-0.2, 0) is 20.5 Å². The third-order valence-corrected chi connectivity index (χ3v) is 5.10. The summed E-state index contributed by atoms with van der Waals surface area (Å²) in [4.78, 5) is 14.5. The SMILES string of the molecule is Cn1cc(C2CSCCN2C(=O)NCCc2ccnn2C)cn1. The number of carbonyl (C=O) groups is 1. The van der Waals surface area contributed by atoms with Crippen molar-refractivity contribution in [2.24, 2.45) is 14.1 Å². The molecule has 1 fully saturated rings. The molecule has 0 radical (unpaired) electrons. The number of hydrogen-bond donors (Lipinski definition) is 1. The van der Waals surface area contributed by atoms with E-state index in [4.69, 9.17) is 0 Å². The first-order chi connectivity index (χ1) is 11.1. The number of amides is 2. The summed E-state index contributed by atoms with van der Waals surface area (Å²) in [6.45, 7) is 1.38. The first-order valence-electron chi connectivity index (χ1n) is 7.73. The van der Waals surface area contributed by atoms with Gasteiger partial charge in [0.25, 0.3) is 0 Å². The average molecular weight is 334 g/mol. The lowest BCUT2D eigenvalue weighted by molar-refractivity contribution is 0.182. The zero-order valence-corrected chi connectivity index (χ0v) is 14.3. The van der Waals surface area contributed by atoms with E-state index in [0.717, 1.165) is 35.7 Å². The number of urea groups is 1. The summed E-state index contributed by atoms with van der Waals surface area (Å²) in [7, 11) is 3.81. The molecular formula is C15H22N6OS. The van der Waals surface area contributed by atoms with Crippen molar-refractivity contribution in [2.45, 2.75) is 12.5 Å². The second-order valence-corrected chi connectivity index (χ2v) is 6.81. The van der Waals surface area contributed by atoms with Gasteiger partial charge in [-0.2, -0.15) is 22.0 Å². The van der Waals surface area contributed by atoms with Gasteiger partial charge in [0.2, 0.25) is 0 Å². The van der Waals surface area contributed by atoms with Crippen molar-refractivity contribution >= 4 is 17.8 Å². The van der Waals surface area contributed by atoms with E-state index in [1.165, 1.54) is 0 Å². The van der Waals surface area contributed by atoms with Crippen molar-refractivity contribution in [1.29, 1.82) is 0 Å². The minimum Gasteiger partial charge on any atom is -0.338 e. The molecule has 124 valence electrons. The van der Waals surface area contributed by atoms with Crippen molar-refractivity contribution in [2.75, 3.05) is 24.6 Å². The van der Waals surface area contributed by atoms with Gasteiger partial charge in [0.1, 0.15) is 0 Å². The van der Waals surface area contributed by atoms with Gasteiger partial charge in [-0.3, -0.25) is 9.36 Å². The molecule has 0 saturated carbocycles. The van der Waals surface area contributed by atoms with Gasteiger partial charge in [-0.1, -0.05) is 0 Å². The molecular weight excluding hydrogens is 312 g/mol. The van der Waals surface area contributed by atoms with Crippen molar-refractivity contribution < 1.29 is 4.79 Å². The molecule has 0 aromatic carbocycles. The van der Waals surface area contributed by atoms with Crippen molar-refractivity contribution in [3.05, 3.63) is 35.9 Å². The van der Waals surface area contributed by atoms with Crippen LogP contribution in [0.1, 0.15) is 17.3 Å². The van der Waals surface area contributed by atoms with Crippen LogP contribution in [0.15, 0.2) is 24.7 Å². The van der Waals surface area contributed by atoms with Gasteiger partial charge >= 0.3 is 6.03 Å². The molecule has 1 saturated heterocycles. The molecule has 2 aromatic heterocycles. The number of aryl methyl sites for hydroxylation is 2. The molecule has 3 rings (SSSR count). The monoisotopic (exact) mass is 334 g/mol. The Bertz CT molecular complexity index is 666. The van der Waals surface area contributed by atoms with Gasteiger partial charge < -0.3 is 10.2 Å². The summed E-state index contributed by atoms with van der Waals surface area (Å²) in [5.41, 5.74) is 2.21. The molecule has 8 heteroatoms. The predicted octanol–water partition coefficient (Wildman–Crippen LogP) is 1.20. The molecule has 0 spiro atoms. The highest BCUT2D eigenvalue weighted by molar-refractivity contribution is 7.99. The van der Waals surface area contributed by atoms with E-state index >= 15 is 0 Å². The Morgan fingerprint density at radius 3 is 3.00 bits per heavy atom. The van der Waals surface area contributed by atoms with E-state index < -0.39 is 0 Å². The summed E-state index contributed by atoms with van der Waals surface area (Å²) in [5, 5.41) is 11.4. The Balaban J connectivity index is 1.59. The zero-order valence-electron chi connectivity index (χ0n) is 13.5. The molecule has 0 aliphatic carbocycles. The van der Waals surface area contributed by atoms with Crippen molar-refractivity contribution in [1.82, 2.24) is 29.8 Å². The van der Waals surface area contributed by atoms with E-state index in [2.05, 4.69) is 15.5 Å². The Labute approximate surface area is 140 Å². The lowest BCUT2D eigenvalue weighted by Gasteiger charge is -2.34. The molecule has 1 N–H and O–H groups in total. The fourth-order valence-corrected chi connectivity index (χ4v) is 3.87. The average Bonchev–Trinajstić information content (AvgIpc) is 3.16. The quantitative estimate of drug-likeness (QED) is 0.912. The standard InChI is InChI=1S/C15H22N6OS/c1-19-10-12(9-18-19)14-11-23-8-7-21(14)15(22)16-5-3-13-4-6-17-20(13)2/h4,6,9-10,14H,3,5,7-8,11H2,1-2H3,(H,16,22). The second-order valence-electron chi connectivity index (χ2n) is 5.66. The molecule has 1 unspecified atom stereocenters. The summed E-state index contributed by atoms with van der Waals surface area (Å²) < 4.78 is 3.62. The summed E-state index contributed by atoms with van der Waals surface area (Å²) >= 11 is 1.88.